The van der Waals surface area contributed by atoms with Crippen molar-refractivity contribution in [1.82, 2.24) is 9.78 Å². The Morgan fingerprint density at radius 3 is 2.70 bits per heavy atom. The fraction of sp³-hybridized carbons (Fsp3) is 0.250. The molecule has 1 rings (SSSR count). The minimum atomic E-state index is -2.71. The fourth-order valence-corrected chi connectivity index (χ4v) is 0.482. The molecule has 0 aliphatic carbocycles. The van der Waals surface area contributed by atoms with Gasteiger partial charge in [-0.2, -0.15) is 13.9 Å². The van der Waals surface area contributed by atoms with Crippen LogP contribution in [0.15, 0.2) is 17.6 Å². The van der Waals surface area contributed by atoms with Crippen LogP contribution >= 0.6 is 0 Å². The lowest BCUT2D eigenvalue weighted by Gasteiger charge is -1.93. The van der Waals surface area contributed by atoms with Crippen molar-refractivity contribution < 1.29 is 8.78 Å². The molecule has 0 unspecified atom stereocenters. The van der Waals surface area contributed by atoms with E-state index in [1.54, 1.807) is 0 Å². The van der Waals surface area contributed by atoms with Gasteiger partial charge in [-0.25, -0.2) is 4.68 Å². The zero-order chi connectivity index (χ0) is 7.56. The molecule has 10 heavy (non-hydrogen) atoms. The molecule has 0 aromatic carbocycles. The minimum Gasteiger partial charge on any atom is -0.209 e. The Morgan fingerprint density at radius 1 is 1.70 bits per heavy atom. The van der Waals surface area contributed by atoms with Gasteiger partial charge in [-0.1, -0.05) is 0 Å². The summed E-state index contributed by atoms with van der Waals surface area (Å²) < 4.78 is 23.7. The number of rotatable bonds is 2. The molecule has 0 spiro atoms. The van der Waals surface area contributed by atoms with Crippen LogP contribution in [0.4, 0.5) is 14.5 Å². The maximum atomic E-state index is 11.7. The van der Waals surface area contributed by atoms with Gasteiger partial charge in [-0.15, -0.1) is 4.91 Å². The number of hydrogen-bond acceptors (Lipinski definition) is 3. The van der Waals surface area contributed by atoms with E-state index in [0.717, 1.165) is 12.4 Å². The molecular formula is C4H3F2N3O. The summed E-state index contributed by atoms with van der Waals surface area (Å²) in [6.45, 7) is -2.71. The van der Waals surface area contributed by atoms with E-state index >= 15 is 0 Å². The molecule has 0 aliphatic rings. The molecule has 0 atom stereocenters. The van der Waals surface area contributed by atoms with E-state index in [4.69, 9.17) is 0 Å². The summed E-state index contributed by atoms with van der Waals surface area (Å²) in [5, 5.41) is 5.57. The van der Waals surface area contributed by atoms with E-state index < -0.39 is 6.55 Å². The van der Waals surface area contributed by atoms with Crippen molar-refractivity contribution in [3.05, 3.63) is 17.3 Å². The SMILES string of the molecule is O=Nc1cnn(C(F)F)c1. The number of alkyl halides is 2. The Labute approximate surface area is 54.4 Å². The molecule has 4 nitrogen and oxygen atoms in total. The van der Waals surface area contributed by atoms with E-state index in [0.29, 0.717) is 4.68 Å². The summed E-state index contributed by atoms with van der Waals surface area (Å²) in [5.41, 5.74) is -0.0969. The third-order valence-corrected chi connectivity index (χ3v) is 0.893. The maximum absolute atomic E-state index is 11.7. The summed E-state index contributed by atoms with van der Waals surface area (Å²) in [6, 6.07) is 0. The number of nitroso groups, excluding NO2 is 1. The van der Waals surface area contributed by atoms with Crippen LogP contribution in [-0.2, 0) is 0 Å². The van der Waals surface area contributed by atoms with Gasteiger partial charge in [-0.3, -0.25) is 0 Å². The first-order chi connectivity index (χ1) is 4.74. The summed E-state index contributed by atoms with van der Waals surface area (Å²) in [6.07, 6.45) is 1.84. The van der Waals surface area contributed by atoms with Crippen LogP contribution in [0.5, 0.6) is 0 Å². The van der Waals surface area contributed by atoms with Crippen LogP contribution in [0.25, 0.3) is 0 Å². The Balaban J connectivity index is 2.88. The number of halogens is 2. The monoisotopic (exact) mass is 147 g/mol. The molecule has 54 valence electrons. The lowest BCUT2D eigenvalue weighted by molar-refractivity contribution is 0.0566. The molecule has 0 saturated heterocycles. The van der Waals surface area contributed by atoms with Gasteiger partial charge in [-0.05, 0) is 5.18 Å². The molecule has 0 N–H and O–H groups in total. The zero-order valence-electron chi connectivity index (χ0n) is 4.74. The average molecular weight is 147 g/mol. The standard InChI is InChI=1S/C4H3F2N3O/c5-4(6)9-2-3(8-10)1-7-9/h1-2,4H. The highest BCUT2D eigenvalue weighted by Gasteiger charge is 2.06. The lowest BCUT2D eigenvalue weighted by Crippen LogP contribution is -1.96. The molecule has 0 radical (unpaired) electrons. The Hall–Kier alpha value is -1.33. The van der Waals surface area contributed by atoms with E-state index in [1.807, 2.05) is 0 Å². The normalized spacial score (nSPS) is 10.3. The van der Waals surface area contributed by atoms with Gasteiger partial charge >= 0.3 is 6.55 Å². The topological polar surface area (TPSA) is 47.2 Å². The van der Waals surface area contributed by atoms with E-state index in [2.05, 4.69) is 10.3 Å². The molecule has 0 bridgehead atoms. The Morgan fingerprint density at radius 2 is 2.40 bits per heavy atom. The fourth-order valence-electron chi connectivity index (χ4n) is 0.482. The predicted molar refractivity (Wildman–Crippen MR) is 28.9 cm³/mol. The molecule has 1 aromatic rings. The second kappa shape index (κ2) is 2.51. The maximum Gasteiger partial charge on any atom is 0.333 e. The van der Waals surface area contributed by atoms with Gasteiger partial charge in [0.15, 0.2) is 0 Å². The van der Waals surface area contributed by atoms with E-state index in [-0.39, 0.29) is 5.69 Å². The molecule has 0 fully saturated rings. The quantitative estimate of drug-likeness (QED) is 0.597. The number of hydrogen-bond donors (Lipinski definition) is 0. The average Bonchev–Trinajstić information content (AvgIpc) is 2.34. The molecule has 0 saturated carbocycles. The largest absolute Gasteiger partial charge is 0.333 e. The lowest BCUT2D eigenvalue weighted by atomic mass is 10.6. The van der Waals surface area contributed by atoms with E-state index in [1.165, 1.54) is 0 Å². The number of aromatic nitrogens is 2. The van der Waals surface area contributed by atoms with Crippen molar-refractivity contribution in [2.45, 2.75) is 6.55 Å². The summed E-state index contributed by atoms with van der Waals surface area (Å²) in [4.78, 5) is 9.69. The van der Waals surface area contributed by atoms with Crippen LogP contribution in [0.1, 0.15) is 6.55 Å². The third-order valence-electron chi connectivity index (χ3n) is 0.893. The van der Waals surface area contributed by atoms with Crippen LogP contribution < -0.4 is 0 Å². The van der Waals surface area contributed by atoms with Gasteiger partial charge in [0.05, 0.1) is 12.4 Å². The minimum absolute atomic E-state index is 0.0969. The molecule has 1 aromatic heterocycles. The summed E-state index contributed by atoms with van der Waals surface area (Å²) in [5.74, 6) is 0. The van der Waals surface area contributed by atoms with Crippen molar-refractivity contribution in [1.29, 1.82) is 0 Å². The van der Waals surface area contributed by atoms with Crippen molar-refractivity contribution in [2.75, 3.05) is 0 Å². The van der Waals surface area contributed by atoms with Crippen molar-refractivity contribution in [2.24, 2.45) is 5.18 Å². The van der Waals surface area contributed by atoms with Gasteiger partial charge in [0.1, 0.15) is 5.69 Å². The highest BCUT2D eigenvalue weighted by molar-refractivity contribution is 5.29. The second-order valence-electron chi connectivity index (χ2n) is 1.55. The Kier molecular flexibility index (Phi) is 1.70. The molecular weight excluding hydrogens is 144 g/mol. The van der Waals surface area contributed by atoms with E-state index in [9.17, 15) is 13.7 Å². The predicted octanol–water partition coefficient (Wildman–Crippen LogP) is 1.68. The molecule has 1 heterocycles. The van der Waals surface area contributed by atoms with Gasteiger partial charge in [0.25, 0.3) is 0 Å². The summed E-state index contributed by atoms with van der Waals surface area (Å²) in [7, 11) is 0. The first kappa shape index (κ1) is 6.79. The smallest absolute Gasteiger partial charge is 0.209 e. The summed E-state index contributed by atoms with van der Waals surface area (Å²) >= 11 is 0. The first-order valence-electron chi connectivity index (χ1n) is 2.39. The number of nitrogens with zero attached hydrogens (tertiary/aromatic N) is 3. The molecule has 0 amide bonds. The van der Waals surface area contributed by atoms with Crippen molar-refractivity contribution in [3.63, 3.8) is 0 Å². The van der Waals surface area contributed by atoms with Crippen LogP contribution in [0.3, 0.4) is 0 Å². The van der Waals surface area contributed by atoms with Crippen LogP contribution in [0.2, 0.25) is 0 Å². The highest BCUT2D eigenvalue weighted by atomic mass is 19.3. The second-order valence-corrected chi connectivity index (χ2v) is 1.55. The molecule has 6 heteroatoms. The van der Waals surface area contributed by atoms with Crippen molar-refractivity contribution in [3.8, 4) is 0 Å². The van der Waals surface area contributed by atoms with Crippen LogP contribution in [-0.4, -0.2) is 9.78 Å². The first-order valence-corrected chi connectivity index (χ1v) is 2.39. The third kappa shape index (κ3) is 1.15. The highest BCUT2D eigenvalue weighted by Crippen LogP contribution is 2.14. The Bertz CT molecular complexity index is 234. The van der Waals surface area contributed by atoms with Crippen LogP contribution in [0, 0.1) is 4.91 Å². The van der Waals surface area contributed by atoms with Crippen molar-refractivity contribution >= 4 is 5.69 Å². The zero-order valence-corrected chi connectivity index (χ0v) is 4.74. The van der Waals surface area contributed by atoms with Gasteiger partial charge in [0.2, 0.25) is 0 Å². The van der Waals surface area contributed by atoms with Gasteiger partial charge in [0, 0.05) is 0 Å². The molecule has 0 aliphatic heterocycles. The van der Waals surface area contributed by atoms with Gasteiger partial charge < -0.3 is 0 Å².